The number of unbranched alkanes of at least 4 members (excludes halogenated alkanes) is 4. The Morgan fingerprint density at radius 3 is 1.51 bits per heavy atom. The second-order valence-corrected chi connectivity index (χ2v) is 12.0. The molecule has 0 saturated carbocycles. The molecule has 0 radical (unpaired) electrons. The minimum atomic E-state index is -3.29. The third-order valence-corrected chi connectivity index (χ3v) is 6.75. The van der Waals surface area contributed by atoms with Crippen molar-refractivity contribution < 1.29 is 22.1 Å². The Labute approximate surface area is 242 Å². The van der Waals surface area contributed by atoms with E-state index in [0.29, 0.717) is 6.42 Å². The van der Waals surface area contributed by atoms with Crippen molar-refractivity contribution in [2.45, 2.75) is 57.8 Å². The molecule has 0 heterocycles. The molecule has 212 valence electrons. The summed E-state index contributed by atoms with van der Waals surface area (Å²) in [5.41, 5.74) is 7.76. The van der Waals surface area contributed by atoms with Crippen molar-refractivity contribution in [3.8, 4) is 0 Å². The molecular weight excluding hydrogens is 622 g/mol. The standard InChI is InChI=1S/C14H21BrO.C10H13BrO3S.C4H11NO/c1-16-12-6-4-2-3-5-7-13-8-10-14(15)11-9-13;1-15(12,13)14-8-2-3-9-4-6-10(11)7-5-9;1-6-4-2-3-5/h8-11H,2-7,12H2,1H3;4-7H,2-3,8H2,1H3;2-5H2,1H3. The van der Waals surface area contributed by atoms with E-state index in [-0.39, 0.29) is 6.61 Å². The molecule has 0 fully saturated rings. The normalized spacial score (nSPS) is 10.8. The molecule has 2 rings (SSSR count). The summed E-state index contributed by atoms with van der Waals surface area (Å²) in [5.74, 6) is 0. The third-order valence-electron chi connectivity index (χ3n) is 5.10. The van der Waals surface area contributed by atoms with Gasteiger partial charge in [0.1, 0.15) is 0 Å². The van der Waals surface area contributed by atoms with Crippen molar-refractivity contribution in [2.75, 3.05) is 46.8 Å². The zero-order valence-corrected chi connectivity index (χ0v) is 26.6. The summed E-state index contributed by atoms with van der Waals surface area (Å²) >= 11 is 6.80. The van der Waals surface area contributed by atoms with Gasteiger partial charge in [-0.3, -0.25) is 4.18 Å². The van der Waals surface area contributed by atoms with Gasteiger partial charge in [-0.1, -0.05) is 75.4 Å². The number of rotatable bonds is 16. The van der Waals surface area contributed by atoms with Gasteiger partial charge >= 0.3 is 0 Å². The van der Waals surface area contributed by atoms with Gasteiger partial charge in [0.05, 0.1) is 12.9 Å². The van der Waals surface area contributed by atoms with Crippen LogP contribution in [0.3, 0.4) is 0 Å². The average Bonchev–Trinajstić information content (AvgIpc) is 2.87. The van der Waals surface area contributed by atoms with Crippen molar-refractivity contribution in [1.29, 1.82) is 0 Å². The SMILES string of the molecule is COCCCCCCCc1ccc(Br)cc1.COCCCN.CS(=O)(=O)OCCCc1ccc(Br)cc1. The lowest BCUT2D eigenvalue weighted by Crippen LogP contribution is -2.04. The number of methoxy groups -OCH3 is 2. The molecule has 9 heteroatoms. The van der Waals surface area contributed by atoms with Crippen LogP contribution in [0.2, 0.25) is 0 Å². The Morgan fingerprint density at radius 1 is 0.649 bits per heavy atom. The predicted molar refractivity (Wildman–Crippen MR) is 162 cm³/mol. The van der Waals surface area contributed by atoms with Crippen LogP contribution in [0.25, 0.3) is 0 Å². The summed E-state index contributed by atoms with van der Waals surface area (Å²) in [5, 5.41) is 0. The van der Waals surface area contributed by atoms with E-state index in [9.17, 15) is 8.42 Å². The van der Waals surface area contributed by atoms with Crippen molar-refractivity contribution >= 4 is 42.0 Å². The summed E-state index contributed by atoms with van der Waals surface area (Å²) in [6.45, 7) is 2.67. The number of ether oxygens (including phenoxy) is 2. The van der Waals surface area contributed by atoms with Gasteiger partial charge in [-0.25, -0.2) is 0 Å². The van der Waals surface area contributed by atoms with E-state index in [1.165, 1.54) is 49.7 Å². The maximum absolute atomic E-state index is 10.7. The lowest BCUT2D eigenvalue weighted by Gasteiger charge is -2.02. The molecule has 2 N–H and O–H groups in total. The number of nitrogens with two attached hydrogens (primary N) is 1. The maximum Gasteiger partial charge on any atom is 0.264 e. The molecule has 37 heavy (non-hydrogen) atoms. The Balaban J connectivity index is 0.000000578. The first-order valence-electron chi connectivity index (χ1n) is 12.7. The van der Waals surface area contributed by atoms with Crippen LogP contribution in [-0.2, 0) is 36.6 Å². The smallest absolute Gasteiger partial charge is 0.264 e. The number of hydrogen-bond donors (Lipinski definition) is 1. The molecule has 6 nitrogen and oxygen atoms in total. The van der Waals surface area contributed by atoms with Crippen molar-refractivity contribution in [3.05, 3.63) is 68.6 Å². The van der Waals surface area contributed by atoms with Gasteiger partial charge < -0.3 is 15.2 Å². The maximum atomic E-state index is 10.7. The van der Waals surface area contributed by atoms with E-state index in [2.05, 4.69) is 60.3 Å². The van der Waals surface area contributed by atoms with Crippen molar-refractivity contribution in [2.24, 2.45) is 5.73 Å². The van der Waals surface area contributed by atoms with Gasteiger partial charge in [-0.2, -0.15) is 8.42 Å². The van der Waals surface area contributed by atoms with Crippen LogP contribution in [0.4, 0.5) is 0 Å². The zero-order chi connectivity index (χ0) is 27.8. The molecule has 0 aliphatic carbocycles. The molecule has 2 aromatic rings. The predicted octanol–water partition coefficient (Wildman–Crippen LogP) is 6.93. The fourth-order valence-electron chi connectivity index (χ4n) is 3.12. The molecule has 0 unspecified atom stereocenters. The van der Waals surface area contributed by atoms with E-state index < -0.39 is 10.1 Å². The van der Waals surface area contributed by atoms with E-state index >= 15 is 0 Å². The monoisotopic (exact) mass is 665 g/mol. The van der Waals surface area contributed by atoms with Crippen LogP contribution in [-0.4, -0.2) is 55.3 Å². The molecular formula is C28H45Br2NO5S. The highest BCUT2D eigenvalue weighted by Crippen LogP contribution is 2.14. The first-order chi connectivity index (χ1) is 17.7. The zero-order valence-electron chi connectivity index (χ0n) is 22.6. The molecule has 0 saturated heterocycles. The molecule has 0 atom stereocenters. The summed E-state index contributed by atoms with van der Waals surface area (Å²) < 4.78 is 37.9. The summed E-state index contributed by atoms with van der Waals surface area (Å²) in [4.78, 5) is 0. The quantitative estimate of drug-likeness (QED) is 0.154. The highest BCUT2D eigenvalue weighted by atomic mass is 79.9. The van der Waals surface area contributed by atoms with Crippen LogP contribution < -0.4 is 5.73 Å². The lowest BCUT2D eigenvalue weighted by atomic mass is 10.1. The Morgan fingerprint density at radius 2 is 1.08 bits per heavy atom. The Bertz CT molecular complexity index is 874. The van der Waals surface area contributed by atoms with Gasteiger partial charge in [-0.05, 0) is 80.5 Å². The second kappa shape index (κ2) is 24.2. The molecule has 2 aromatic carbocycles. The first-order valence-corrected chi connectivity index (χ1v) is 16.1. The van der Waals surface area contributed by atoms with Gasteiger partial charge in [-0.15, -0.1) is 0 Å². The molecule has 0 aromatic heterocycles. The van der Waals surface area contributed by atoms with Crippen LogP contribution >= 0.6 is 31.9 Å². The highest BCUT2D eigenvalue weighted by Gasteiger charge is 2.01. The van der Waals surface area contributed by atoms with Crippen LogP contribution in [0, 0.1) is 0 Å². The van der Waals surface area contributed by atoms with E-state index in [4.69, 9.17) is 15.2 Å². The van der Waals surface area contributed by atoms with Crippen molar-refractivity contribution in [3.63, 3.8) is 0 Å². The van der Waals surface area contributed by atoms with E-state index in [1.54, 1.807) is 14.2 Å². The fourth-order valence-corrected chi connectivity index (χ4v) is 4.07. The van der Waals surface area contributed by atoms with Gasteiger partial charge in [0.15, 0.2) is 0 Å². The van der Waals surface area contributed by atoms with Crippen molar-refractivity contribution in [1.82, 2.24) is 0 Å². The Hall–Kier alpha value is -0.810. The van der Waals surface area contributed by atoms with Gasteiger partial charge in [0.25, 0.3) is 10.1 Å². The summed E-state index contributed by atoms with van der Waals surface area (Å²) in [7, 11) is 0.155. The third kappa shape index (κ3) is 25.2. The molecule has 0 aliphatic heterocycles. The number of benzene rings is 2. The van der Waals surface area contributed by atoms with E-state index in [1.807, 2.05) is 24.3 Å². The van der Waals surface area contributed by atoms with Gasteiger partial charge in [0, 0.05) is 36.4 Å². The Kier molecular flexibility index (Phi) is 23.7. The molecule has 0 bridgehead atoms. The molecule has 0 amide bonds. The minimum absolute atomic E-state index is 0.245. The van der Waals surface area contributed by atoms with E-state index in [0.717, 1.165) is 47.8 Å². The fraction of sp³-hybridized carbons (Fsp3) is 0.571. The molecule has 0 aliphatic rings. The minimum Gasteiger partial charge on any atom is -0.385 e. The van der Waals surface area contributed by atoms with Crippen LogP contribution in [0.15, 0.2) is 57.5 Å². The summed E-state index contributed by atoms with van der Waals surface area (Å²) in [6, 6.07) is 16.6. The molecule has 0 spiro atoms. The number of halogens is 2. The van der Waals surface area contributed by atoms with Crippen LogP contribution in [0.1, 0.15) is 56.1 Å². The number of aryl methyl sites for hydroxylation is 2. The largest absolute Gasteiger partial charge is 0.385 e. The number of hydrogen-bond acceptors (Lipinski definition) is 6. The highest BCUT2D eigenvalue weighted by molar-refractivity contribution is 9.10. The lowest BCUT2D eigenvalue weighted by molar-refractivity contribution is 0.192. The summed E-state index contributed by atoms with van der Waals surface area (Å²) in [6.07, 6.45) is 11.2. The van der Waals surface area contributed by atoms with Crippen LogP contribution in [0.5, 0.6) is 0 Å². The average molecular weight is 668 g/mol. The topological polar surface area (TPSA) is 87.9 Å². The first kappa shape index (κ1) is 36.2. The second-order valence-electron chi connectivity index (χ2n) is 8.53. The van der Waals surface area contributed by atoms with Gasteiger partial charge in [0.2, 0.25) is 0 Å².